The molecular weight excluding hydrogens is 451 g/mol. The van der Waals surface area contributed by atoms with Gasteiger partial charge in [-0.2, -0.15) is 0 Å². The van der Waals surface area contributed by atoms with Crippen molar-refractivity contribution in [1.82, 2.24) is 9.80 Å². The van der Waals surface area contributed by atoms with Gasteiger partial charge >= 0.3 is 0 Å². The first-order valence-electron chi connectivity index (χ1n) is 11.6. The highest BCUT2D eigenvalue weighted by atomic mass is 35.5. The lowest BCUT2D eigenvalue weighted by atomic mass is 10.0. The van der Waals surface area contributed by atoms with E-state index in [4.69, 9.17) is 4.74 Å². The summed E-state index contributed by atoms with van der Waals surface area (Å²) < 4.78 is 6.40. The van der Waals surface area contributed by atoms with Crippen LogP contribution in [0.25, 0.3) is 0 Å². The zero-order valence-electron chi connectivity index (χ0n) is 19.2. The molecule has 1 aliphatic heterocycles. The summed E-state index contributed by atoms with van der Waals surface area (Å²) in [4.78, 5) is 5.15. The van der Waals surface area contributed by atoms with Gasteiger partial charge in [-0.05, 0) is 36.1 Å². The Balaban J connectivity index is 0.00000193. The van der Waals surface area contributed by atoms with Gasteiger partial charge in [0.25, 0.3) is 0 Å². The Labute approximate surface area is 211 Å². The first kappa shape index (κ1) is 27.4. The molecule has 3 aromatic carbocycles. The fraction of sp³-hybridized carbons (Fsp3) is 0.357. The molecular formula is C28H34Cl2N2O-2. The molecule has 178 valence electrons. The van der Waals surface area contributed by atoms with Crippen molar-refractivity contribution in [3.63, 3.8) is 0 Å². The standard InChI is InChI=1S/C28H34N2O.2ClH/c1-4-11-25(12-5-1)13-10-18-29-19-21-30(22-20-29)23-24-31-28(26-14-6-2-7-15-26)27-16-8-3-9-17-27;;/h1-9,11-12,14-17,28H,10,13,18-24H2;2*1H/p-2. The van der Waals surface area contributed by atoms with E-state index >= 15 is 0 Å². The second-order valence-electron chi connectivity index (χ2n) is 8.34. The normalized spacial score (nSPS) is 14.5. The molecule has 4 rings (SSSR count). The number of aryl methyl sites for hydroxylation is 1. The molecule has 3 aromatic rings. The molecule has 0 aromatic heterocycles. The van der Waals surface area contributed by atoms with Gasteiger partial charge in [-0.25, -0.2) is 0 Å². The van der Waals surface area contributed by atoms with Crippen molar-refractivity contribution in [2.45, 2.75) is 18.9 Å². The Morgan fingerprint density at radius 2 is 1.06 bits per heavy atom. The van der Waals surface area contributed by atoms with Crippen molar-refractivity contribution >= 4 is 0 Å². The Morgan fingerprint density at radius 1 is 0.606 bits per heavy atom. The lowest BCUT2D eigenvalue weighted by molar-refractivity contribution is -0.001000. The lowest BCUT2D eigenvalue weighted by Crippen LogP contribution is -3.00. The third kappa shape index (κ3) is 8.77. The van der Waals surface area contributed by atoms with E-state index in [-0.39, 0.29) is 30.9 Å². The average Bonchev–Trinajstić information content (AvgIpc) is 2.85. The van der Waals surface area contributed by atoms with Gasteiger partial charge in [0.05, 0.1) is 6.61 Å². The summed E-state index contributed by atoms with van der Waals surface area (Å²) in [5.74, 6) is 0. The van der Waals surface area contributed by atoms with Crippen LogP contribution >= 0.6 is 0 Å². The Bertz CT molecular complexity index is 833. The quantitative estimate of drug-likeness (QED) is 0.369. The minimum absolute atomic E-state index is 0. The van der Waals surface area contributed by atoms with E-state index in [0.717, 1.165) is 39.3 Å². The fourth-order valence-electron chi connectivity index (χ4n) is 4.33. The zero-order chi connectivity index (χ0) is 21.1. The van der Waals surface area contributed by atoms with Gasteiger partial charge in [0.15, 0.2) is 0 Å². The van der Waals surface area contributed by atoms with Crippen molar-refractivity contribution in [1.29, 1.82) is 0 Å². The van der Waals surface area contributed by atoms with E-state index in [9.17, 15) is 0 Å². The smallest absolute Gasteiger partial charge is 0.108 e. The number of rotatable bonds is 10. The van der Waals surface area contributed by atoms with Gasteiger partial charge in [0.2, 0.25) is 0 Å². The van der Waals surface area contributed by atoms with Crippen LogP contribution in [0.3, 0.4) is 0 Å². The van der Waals surface area contributed by atoms with Gasteiger partial charge in [-0.15, -0.1) is 0 Å². The molecule has 3 nitrogen and oxygen atoms in total. The van der Waals surface area contributed by atoms with Crippen LogP contribution in [0.2, 0.25) is 0 Å². The topological polar surface area (TPSA) is 15.7 Å². The average molecular weight is 485 g/mol. The lowest BCUT2D eigenvalue weighted by Gasteiger charge is -2.35. The third-order valence-corrected chi connectivity index (χ3v) is 6.14. The molecule has 0 bridgehead atoms. The van der Waals surface area contributed by atoms with Crippen molar-refractivity contribution in [3.05, 3.63) is 108 Å². The predicted molar refractivity (Wildman–Crippen MR) is 128 cm³/mol. The highest BCUT2D eigenvalue weighted by Crippen LogP contribution is 2.25. The Morgan fingerprint density at radius 3 is 1.58 bits per heavy atom. The second-order valence-corrected chi connectivity index (χ2v) is 8.34. The van der Waals surface area contributed by atoms with Crippen LogP contribution in [0.4, 0.5) is 0 Å². The number of benzene rings is 3. The van der Waals surface area contributed by atoms with Gasteiger partial charge in [0.1, 0.15) is 6.10 Å². The summed E-state index contributed by atoms with van der Waals surface area (Å²) >= 11 is 0. The minimum Gasteiger partial charge on any atom is -1.00 e. The van der Waals surface area contributed by atoms with Crippen LogP contribution in [0.15, 0.2) is 91.0 Å². The number of hydrogen-bond acceptors (Lipinski definition) is 3. The van der Waals surface area contributed by atoms with Crippen LogP contribution in [-0.2, 0) is 11.2 Å². The first-order chi connectivity index (χ1) is 15.4. The number of halogens is 2. The number of ether oxygens (including phenoxy) is 1. The van der Waals surface area contributed by atoms with Gasteiger partial charge in [-0.1, -0.05) is 91.0 Å². The maximum Gasteiger partial charge on any atom is 0.108 e. The highest BCUT2D eigenvalue weighted by molar-refractivity contribution is 5.29. The molecule has 0 N–H and O–H groups in total. The van der Waals surface area contributed by atoms with E-state index in [0.29, 0.717) is 0 Å². The highest BCUT2D eigenvalue weighted by Gasteiger charge is 2.18. The van der Waals surface area contributed by atoms with Crippen LogP contribution < -0.4 is 24.8 Å². The van der Waals surface area contributed by atoms with E-state index in [1.807, 2.05) is 0 Å². The summed E-state index contributed by atoms with van der Waals surface area (Å²) in [5.41, 5.74) is 3.89. The molecule has 0 aliphatic carbocycles. The van der Waals surface area contributed by atoms with Crippen molar-refractivity contribution in [2.75, 3.05) is 45.9 Å². The number of piperazine rings is 1. The maximum atomic E-state index is 6.40. The summed E-state index contributed by atoms with van der Waals surface area (Å²) in [7, 11) is 0. The monoisotopic (exact) mass is 484 g/mol. The third-order valence-electron chi connectivity index (χ3n) is 6.14. The first-order valence-corrected chi connectivity index (χ1v) is 11.6. The molecule has 0 spiro atoms. The van der Waals surface area contributed by atoms with Crippen LogP contribution in [-0.4, -0.2) is 55.7 Å². The Hall–Kier alpha value is -1.88. The number of nitrogens with zero attached hydrogens (tertiary/aromatic N) is 2. The minimum atomic E-state index is 0. The molecule has 5 heteroatoms. The molecule has 0 unspecified atom stereocenters. The number of hydrogen-bond donors (Lipinski definition) is 0. The SMILES string of the molecule is [Cl-].[Cl-].c1ccc(CCCN2CCN(CCOC(c3ccccc3)c3ccccc3)CC2)cc1. The van der Waals surface area contributed by atoms with E-state index in [1.165, 1.54) is 36.1 Å². The van der Waals surface area contributed by atoms with E-state index in [1.54, 1.807) is 0 Å². The molecule has 0 atom stereocenters. The van der Waals surface area contributed by atoms with Crippen molar-refractivity contribution in [3.8, 4) is 0 Å². The summed E-state index contributed by atoms with van der Waals surface area (Å²) in [6.07, 6.45) is 2.42. The van der Waals surface area contributed by atoms with Gasteiger partial charge in [-0.3, -0.25) is 4.90 Å². The zero-order valence-corrected chi connectivity index (χ0v) is 20.7. The largest absolute Gasteiger partial charge is 1.00 e. The van der Waals surface area contributed by atoms with Gasteiger partial charge in [0, 0.05) is 32.7 Å². The van der Waals surface area contributed by atoms with Crippen LogP contribution in [0, 0.1) is 0 Å². The fourth-order valence-corrected chi connectivity index (χ4v) is 4.33. The van der Waals surface area contributed by atoms with E-state index in [2.05, 4.69) is 101 Å². The van der Waals surface area contributed by atoms with Crippen molar-refractivity contribution in [2.24, 2.45) is 0 Å². The second kappa shape index (κ2) is 15.1. The van der Waals surface area contributed by atoms with Crippen molar-refractivity contribution < 1.29 is 29.6 Å². The summed E-state index contributed by atoms with van der Waals surface area (Å²) in [6.45, 7) is 7.54. The van der Waals surface area contributed by atoms with Crippen LogP contribution in [0.1, 0.15) is 29.2 Å². The Kier molecular flexibility index (Phi) is 12.5. The van der Waals surface area contributed by atoms with Crippen LogP contribution in [0.5, 0.6) is 0 Å². The molecule has 33 heavy (non-hydrogen) atoms. The molecule has 0 saturated carbocycles. The molecule has 0 radical (unpaired) electrons. The summed E-state index contributed by atoms with van der Waals surface area (Å²) in [5, 5.41) is 0. The molecule has 1 heterocycles. The molecule has 0 amide bonds. The molecule has 1 fully saturated rings. The summed E-state index contributed by atoms with van der Waals surface area (Å²) in [6, 6.07) is 31.9. The molecule has 1 saturated heterocycles. The van der Waals surface area contributed by atoms with Gasteiger partial charge < -0.3 is 34.5 Å². The van der Waals surface area contributed by atoms with E-state index < -0.39 is 0 Å². The maximum absolute atomic E-state index is 6.40. The predicted octanol–water partition coefficient (Wildman–Crippen LogP) is -0.949. The molecule has 1 aliphatic rings.